The van der Waals surface area contributed by atoms with Gasteiger partial charge in [0.1, 0.15) is 11.6 Å². The number of carbonyl (C=O) groups is 3. The Kier molecular flexibility index (Phi) is 9.81. The third-order valence-corrected chi connectivity index (χ3v) is 7.94. The number of thiophene rings is 1. The molecule has 2 N–H and O–H groups in total. The molecule has 0 spiro atoms. The number of esters is 2. The number of ether oxygens (including phenoxy) is 2. The van der Waals surface area contributed by atoms with Crippen molar-refractivity contribution in [1.82, 2.24) is 10.0 Å². The third kappa shape index (κ3) is 8.42. The molecule has 2 rings (SSSR count). The van der Waals surface area contributed by atoms with Crippen molar-refractivity contribution in [2.75, 3.05) is 13.7 Å². The lowest BCUT2D eigenvalue weighted by molar-refractivity contribution is -0.156. The van der Waals surface area contributed by atoms with Gasteiger partial charge in [-0.1, -0.05) is 17.7 Å². The Balaban J connectivity index is 2.21. The van der Waals surface area contributed by atoms with E-state index in [0.29, 0.717) is 22.4 Å². The van der Waals surface area contributed by atoms with Gasteiger partial charge >= 0.3 is 11.9 Å². The summed E-state index contributed by atoms with van der Waals surface area (Å²) in [7, 11) is -2.80. The van der Waals surface area contributed by atoms with Crippen molar-refractivity contribution in [1.29, 1.82) is 0 Å². The van der Waals surface area contributed by atoms with E-state index < -0.39 is 33.5 Å². The summed E-state index contributed by atoms with van der Waals surface area (Å²) in [4.78, 5) is 38.2. The van der Waals surface area contributed by atoms with Crippen molar-refractivity contribution in [3.63, 3.8) is 0 Å². The summed E-state index contributed by atoms with van der Waals surface area (Å²) in [5.41, 5.74) is 1.15. The molecule has 0 aliphatic rings. The third-order valence-electron chi connectivity index (χ3n) is 5.02. The average Bonchev–Trinajstić information content (AvgIpc) is 3.21. The Bertz CT molecular complexity index is 1200. The van der Waals surface area contributed by atoms with Crippen LogP contribution in [-0.2, 0) is 35.5 Å². The van der Waals surface area contributed by atoms with Crippen LogP contribution >= 0.6 is 11.3 Å². The van der Waals surface area contributed by atoms with Crippen LogP contribution < -0.4 is 10.0 Å². The zero-order chi connectivity index (χ0) is 27.3. The van der Waals surface area contributed by atoms with Crippen LogP contribution in [-0.4, -0.2) is 51.6 Å². The number of sulfonamides is 1. The Hall–Kier alpha value is -2.76. The van der Waals surface area contributed by atoms with E-state index in [9.17, 15) is 22.8 Å². The normalized spacial score (nSPS) is 12.6. The van der Waals surface area contributed by atoms with Crippen LogP contribution in [0.2, 0.25) is 0 Å². The first kappa shape index (κ1) is 29.5. The van der Waals surface area contributed by atoms with Crippen LogP contribution in [0.15, 0.2) is 29.2 Å². The van der Waals surface area contributed by atoms with E-state index in [1.807, 2.05) is 6.92 Å². The van der Waals surface area contributed by atoms with Crippen molar-refractivity contribution < 1.29 is 32.3 Å². The van der Waals surface area contributed by atoms with Gasteiger partial charge in [-0.05, 0) is 71.2 Å². The maximum Gasteiger partial charge on any atom is 0.326 e. The van der Waals surface area contributed by atoms with Gasteiger partial charge in [0, 0.05) is 11.4 Å². The summed E-state index contributed by atoms with van der Waals surface area (Å²) >= 11 is 1.20. The molecule has 198 valence electrons. The van der Waals surface area contributed by atoms with E-state index in [1.165, 1.54) is 18.4 Å². The minimum atomic E-state index is -4.11. The molecule has 1 heterocycles. The molecular formula is C25H34N2O7S2. The highest BCUT2D eigenvalue weighted by molar-refractivity contribution is 7.89. The number of amides is 1. The fourth-order valence-electron chi connectivity index (χ4n) is 3.63. The molecule has 2 aromatic rings. The SMILES string of the molecule is COC(=O)CCc1ccc(C(=O)NC[C@H](NS(=O)(=O)c2c(C)cc(C)cc2C)C(=O)OC(C)(C)C)s1. The molecule has 0 radical (unpaired) electrons. The number of hydrogen-bond acceptors (Lipinski definition) is 8. The second-order valence-corrected chi connectivity index (χ2v) is 12.3. The number of rotatable bonds is 10. The topological polar surface area (TPSA) is 128 Å². The standard InChI is InChI=1S/C25H34N2O7S2/c1-15-12-16(2)22(17(3)13-15)36(31,32)27-19(24(30)34-25(4,5)6)14-26-23(29)20-10-8-18(35-20)9-11-21(28)33-7/h8,10,12-13,19,27H,9,11,14H2,1-7H3,(H,26,29)/t19-/m0/s1. The van der Waals surface area contributed by atoms with E-state index in [4.69, 9.17) is 4.74 Å². The first-order valence-corrected chi connectivity index (χ1v) is 13.7. The van der Waals surface area contributed by atoms with Crippen molar-refractivity contribution in [3.05, 3.63) is 50.7 Å². The summed E-state index contributed by atoms with van der Waals surface area (Å²) in [5.74, 6) is -1.63. The molecule has 11 heteroatoms. The summed E-state index contributed by atoms with van der Waals surface area (Å²) in [6.45, 7) is 9.95. The summed E-state index contributed by atoms with van der Waals surface area (Å²) in [6, 6.07) is 5.50. The fourth-order valence-corrected chi connectivity index (χ4v) is 6.19. The molecule has 36 heavy (non-hydrogen) atoms. The van der Waals surface area contributed by atoms with Crippen molar-refractivity contribution in [2.24, 2.45) is 0 Å². The predicted molar refractivity (Wildman–Crippen MR) is 138 cm³/mol. The van der Waals surface area contributed by atoms with E-state index in [-0.39, 0.29) is 23.8 Å². The quantitative estimate of drug-likeness (QED) is 0.445. The molecular weight excluding hydrogens is 504 g/mol. The molecule has 0 unspecified atom stereocenters. The van der Waals surface area contributed by atoms with Gasteiger partial charge in [0.15, 0.2) is 0 Å². The summed E-state index contributed by atoms with van der Waals surface area (Å²) < 4.78 is 39.0. The molecule has 1 aromatic carbocycles. The van der Waals surface area contributed by atoms with Gasteiger partial charge in [0.05, 0.1) is 23.3 Å². The maximum atomic E-state index is 13.3. The molecule has 0 fully saturated rings. The molecule has 0 saturated carbocycles. The fraction of sp³-hybridized carbons (Fsp3) is 0.480. The lowest BCUT2D eigenvalue weighted by atomic mass is 10.1. The molecule has 0 aliphatic carbocycles. The Morgan fingerprint density at radius 3 is 2.22 bits per heavy atom. The second-order valence-electron chi connectivity index (χ2n) is 9.49. The highest BCUT2D eigenvalue weighted by Gasteiger charge is 2.32. The van der Waals surface area contributed by atoms with Gasteiger partial charge in [-0.2, -0.15) is 4.72 Å². The molecule has 9 nitrogen and oxygen atoms in total. The van der Waals surface area contributed by atoms with Gasteiger partial charge in [0.2, 0.25) is 10.0 Å². The highest BCUT2D eigenvalue weighted by atomic mass is 32.2. The lowest BCUT2D eigenvalue weighted by Crippen LogP contribution is -2.50. The number of nitrogens with one attached hydrogen (secondary N) is 2. The molecule has 1 atom stereocenters. The largest absolute Gasteiger partial charge is 0.469 e. The molecule has 1 amide bonds. The summed E-state index contributed by atoms with van der Waals surface area (Å²) in [5, 5.41) is 2.62. The maximum absolute atomic E-state index is 13.3. The van der Waals surface area contributed by atoms with Crippen LogP contribution in [0.1, 0.15) is 58.4 Å². The van der Waals surface area contributed by atoms with Gasteiger partial charge in [-0.15, -0.1) is 11.3 Å². The minimum absolute atomic E-state index is 0.0847. The molecule has 1 aromatic heterocycles. The molecule has 0 bridgehead atoms. The van der Waals surface area contributed by atoms with Crippen molar-refractivity contribution in [2.45, 2.75) is 70.9 Å². The van der Waals surface area contributed by atoms with Gasteiger partial charge in [0.25, 0.3) is 5.91 Å². The number of aryl methyl sites for hydroxylation is 4. The van der Waals surface area contributed by atoms with Crippen molar-refractivity contribution >= 4 is 39.2 Å². The van der Waals surface area contributed by atoms with E-state index in [0.717, 1.165) is 10.4 Å². The number of hydrogen-bond donors (Lipinski definition) is 2. The minimum Gasteiger partial charge on any atom is -0.469 e. The molecule has 0 saturated heterocycles. The van der Waals surface area contributed by atoms with Crippen LogP contribution in [0, 0.1) is 20.8 Å². The highest BCUT2D eigenvalue weighted by Crippen LogP contribution is 2.22. The van der Waals surface area contributed by atoms with Crippen LogP contribution in [0.3, 0.4) is 0 Å². The Labute approximate surface area is 216 Å². The second kappa shape index (κ2) is 12.0. The average molecular weight is 539 g/mol. The zero-order valence-corrected chi connectivity index (χ0v) is 23.3. The predicted octanol–water partition coefficient (Wildman–Crippen LogP) is 3.20. The van der Waals surface area contributed by atoms with E-state index in [1.54, 1.807) is 58.9 Å². The van der Waals surface area contributed by atoms with Crippen LogP contribution in [0.5, 0.6) is 0 Å². The Morgan fingerprint density at radius 1 is 1.06 bits per heavy atom. The number of methoxy groups -OCH3 is 1. The van der Waals surface area contributed by atoms with Gasteiger partial charge in [-0.25, -0.2) is 8.42 Å². The van der Waals surface area contributed by atoms with Gasteiger partial charge in [-0.3, -0.25) is 14.4 Å². The Morgan fingerprint density at radius 2 is 1.67 bits per heavy atom. The first-order valence-electron chi connectivity index (χ1n) is 11.4. The first-order chi connectivity index (χ1) is 16.6. The van der Waals surface area contributed by atoms with E-state index in [2.05, 4.69) is 14.8 Å². The monoisotopic (exact) mass is 538 g/mol. The van der Waals surface area contributed by atoms with Crippen LogP contribution in [0.25, 0.3) is 0 Å². The number of benzene rings is 1. The number of carbonyl (C=O) groups excluding carboxylic acids is 3. The summed E-state index contributed by atoms with van der Waals surface area (Å²) in [6.07, 6.45) is 0.624. The molecule has 0 aliphatic heterocycles. The lowest BCUT2D eigenvalue weighted by Gasteiger charge is -2.25. The van der Waals surface area contributed by atoms with E-state index >= 15 is 0 Å². The zero-order valence-electron chi connectivity index (χ0n) is 21.7. The van der Waals surface area contributed by atoms with Crippen molar-refractivity contribution in [3.8, 4) is 0 Å². The smallest absolute Gasteiger partial charge is 0.326 e. The van der Waals surface area contributed by atoms with Gasteiger partial charge < -0.3 is 14.8 Å². The van der Waals surface area contributed by atoms with Crippen LogP contribution in [0.4, 0.5) is 0 Å².